The number of hydrogen-bond donors (Lipinski definition) is 1. The van der Waals surface area contributed by atoms with Gasteiger partial charge < -0.3 is 10.2 Å². The molecule has 3 rings (SSSR count). The molecule has 0 spiro atoms. The third kappa shape index (κ3) is 7.94. The van der Waals surface area contributed by atoms with Gasteiger partial charge in [-0.3, -0.25) is 13.9 Å². The molecule has 3 aromatic carbocycles. The molecule has 0 aliphatic carbocycles. The zero-order valence-corrected chi connectivity index (χ0v) is 24.9. The van der Waals surface area contributed by atoms with Crippen molar-refractivity contribution in [3.63, 3.8) is 0 Å². The highest BCUT2D eigenvalue weighted by Gasteiger charge is 2.32. The number of sulfonamides is 1. The lowest BCUT2D eigenvalue weighted by atomic mass is 10.0. The number of nitrogens with zero attached hydrogens (tertiary/aromatic N) is 2. The number of benzene rings is 3. The van der Waals surface area contributed by atoms with E-state index < -0.39 is 28.5 Å². The Labute approximate surface area is 239 Å². The van der Waals surface area contributed by atoms with Crippen molar-refractivity contribution >= 4 is 27.5 Å². The Kier molecular flexibility index (Phi) is 10.9. The molecule has 2 atom stereocenters. The fourth-order valence-electron chi connectivity index (χ4n) is 4.31. The Morgan fingerprint density at radius 2 is 1.40 bits per heavy atom. The van der Waals surface area contributed by atoms with E-state index in [1.165, 1.54) is 17.0 Å². The van der Waals surface area contributed by atoms with Crippen LogP contribution in [0.25, 0.3) is 0 Å². The molecule has 0 aliphatic rings. The van der Waals surface area contributed by atoms with Gasteiger partial charge in [0.15, 0.2) is 0 Å². The normalized spacial score (nSPS) is 12.9. The summed E-state index contributed by atoms with van der Waals surface area (Å²) in [7, 11) is -4.07. The van der Waals surface area contributed by atoms with Crippen molar-refractivity contribution in [3.05, 3.63) is 96.1 Å². The predicted octanol–water partition coefficient (Wildman–Crippen LogP) is 5.38. The molecular formula is C32H41N3O4S. The minimum absolute atomic E-state index is 0.0459. The Bertz CT molecular complexity index is 1340. The summed E-state index contributed by atoms with van der Waals surface area (Å²) in [6.07, 6.45) is 1.29. The maximum atomic E-state index is 13.9. The van der Waals surface area contributed by atoms with Gasteiger partial charge in [0.05, 0.1) is 10.6 Å². The number of hydrogen-bond acceptors (Lipinski definition) is 4. The van der Waals surface area contributed by atoms with Gasteiger partial charge in [0.2, 0.25) is 11.8 Å². The Hall–Kier alpha value is -3.65. The monoisotopic (exact) mass is 563 g/mol. The lowest BCUT2D eigenvalue weighted by Crippen LogP contribution is -2.53. The first-order valence-corrected chi connectivity index (χ1v) is 15.3. The summed E-state index contributed by atoms with van der Waals surface area (Å²) in [6, 6.07) is 24.2. The van der Waals surface area contributed by atoms with Crippen LogP contribution in [0.3, 0.4) is 0 Å². The van der Waals surface area contributed by atoms with Gasteiger partial charge in [0.25, 0.3) is 10.0 Å². The van der Waals surface area contributed by atoms with Gasteiger partial charge in [-0.05, 0) is 68.0 Å². The lowest BCUT2D eigenvalue weighted by Gasteiger charge is -2.32. The topological polar surface area (TPSA) is 86.8 Å². The quantitative estimate of drug-likeness (QED) is 0.303. The van der Waals surface area contributed by atoms with Gasteiger partial charge in [-0.1, -0.05) is 81.4 Å². The summed E-state index contributed by atoms with van der Waals surface area (Å²) in [6.45, 7) is 9.53. The molecule has 0 aliphatic heterocycles. The fourth-order valence-corrected chi connectivity index (χ4v) is 5.74. The van der Waals surface area contributed by atoms with E-state index in [0.29, 0.717) is 12.1 Å². The highest BCUT2D eigenvalue weighted by atomic mass is 32.2. The van der Waals surface area contributed by atoms with Gasteiger partial charge in [-0.15, -0.1) is 0 Å². The maximum Gasteiger partial charge on any atom is 0.264 e. The molecule has 0 bridgehead atoms. The number of amides is 2. The average molecular weight is 564 g/mol. The minimum Gasteiger partial charge on any atom is -0.352 e. The third-order valence-corrected chi connectivity index (χ3v) is 8.90. The smallest absolute Gasteiger partial charge is 0.264 e. The van der Waals surface area contributed by atoms with Crippen LogP contribution in [-0.4, -0.2) is 50.3 Å². The summed E-state index contributed by atoms with van der Waals surface area (Å²) in [4.78, 5) is 28.6. The van der Waals surface area contributed by atoms with E-state index in [-0.39, 0.29) is 29.3 Å². The van der Waals surface area contributed by atoms with E-state index in [1.807, 2.05) is 56.3 Å². The van der Waals surface area contributed by atoms with Crippen LogP contribution in [0.15, 0.2) is 89.8 Å². The summed E-state index contributed by atoms with van der Waals surface area (Å²) in [5.74, 6) is -0.446. The number of anilines is 1. The van der Waals surface area contributed by atoms with Crippen LogP contribution in [0.1, 0.15) is 58.1 Å². The standard InChI is InChI=1S/C32H41N3O4S/c1-6-25(4)33-32(37)26(5)34(22-21-27-13-9-7-10-14-27)31(36)23-35(29-19-17-28(18-20-29)24(2)3)40(38,39)30-15-11-8-12-16-30/h7-20,24-26H,6,21-23H2,1-5H3,(H,33,37)/t25-,26-/m0/s1. The van der Waals surface area contributed by atoms with Crippen molar-refractivity contribution in [1.29, 1.82) is 0 Å². The van der Waals surface area contributed by atoms with Gasteiger partial charge in [0, 0.05) is 12.6 Å². The minimum atomic E-state index is -4.07. The summed E-state index contributed by atoms with van der Waals surface area (Å²) in [5.41, 5.74) is 2.47. The predicted molar refractivity (Wildman–Crippen MR) is 161 cm³/mol. The number of carbonyl (C=O) groups excluding carboxylic acids is 2. The van der Waals surface area contributed by atoms with Gasteiger partial charge >= 0.3 is 0 Å². The molecule has 3 aromatic rings. The highest BCUT2D eigenvalue weighted by Crippen LogP contribution is 2.26. The third-order valence-electron chi connectivity index (χ3n) is 7.11. The van der Waals surface area contributed by atoms with E-state index in [1.54, 1.807) is 37.3 Å². The summed E-state index contributed by atoms with van der Waals surface area (Å²) >= 11 is 0. The van der Waals surface area contributed by atoms with Gasteiger partial charge in [-0.25, -0.2) is 8.42 Å². The van der Waals surface area contributed by atoms with Gasteiger partial charge in [-0.2, -0.15) is 0 Å². The van der Waals surface area contributed by atoms with Gasteiger partial charge in [0.1, 0.15) is 12.6 Å². The van der Waals surface area contributed by atoms with Crippen LogP contribution >= 0.6 is 0 Å². The van der Waals surface area contributed by atoms with Crippen molar-refractivity contribution < 1.29 is 18.0 Å². The molecule has 0 saturated heterocycles. The van der Waals surface area contributed by atoms with Crippen molar-refractivity contribution in [1.82, 2.24) is 10.2 Å². The Morgan fingerprint density at radius 1 is 0.825 bits per heavy atom. The highest BCUT2D eigenvalue weighted by molar-refractivity contribution is 7.92. The van der Waals surface area contributed by atoms with E-state index in [9.17, 15) is 18.0 Å². The molecule has 2 amide bonds. The number of rotatable bonds is 13. The fraction of sp³-hybridized carbons (Fsp3) is 0.375. The van der Waals surface area contributed by atoms with Crippen molar-refractivity contribution in [2.75, 3.05) is 17.4 Å². The second-order valence-corrected chi connectivity index (χ2v) is 12.2. The molecule has 0 aromatic heterocycles. The zero-order valence-electron chi connectivity index (χ0n) is 24.1. The molecule has 1 N–H and O–H groups in total. The largest absolute Gasteiger partial charge is 0.352 e. The number of nitrogens with one attached hydrogen (secondary N) is 1. The van der Waals surface area contributed by atoms with Crippen LogP contribution in [-0.2, 0) is 26.0 Å². The SMILES string of the molecule is CC[C@H](C)NC(=O)[C@H](C)N(CCc1ccccc1)C(=O)CN(c1ccc(C(C)C)cc1)S(=O)(=O)c1ccccc1. The summed E-state index contributed by atoms with van der Waals surface area (Å²) < 4.78 is 28.8. The van der Waals surface area contributed by atoms with Crippen LogP contribution in [0.5, 0.6) is 0 Å². The molecule has 0 radical (unpaired) electrons. The van der Waals surface area contributed by atoms with Crippen LogP contribution in [0, 0.1) is 0 Å². The molecule has 0 heterocycles. The zero-order chi connectivity index (χ0) is 29.3. The molecule has 214 valence electrons. The van der Waals surface area contributed by atoms with E-state index in [4.69, 9.17) is 0 Å². The number of carbonyl (C=O) groups is 2. The Balaban J connectivity index is 1.97. The van der Waals surface area contributed by atoms with Crippen molar-refractivity contribution in [3.8, 4) is 0 Å². The van der Waals surface area contributed by atoms with E-state index >= 15 is 0 Å². The van der Waals surface area contributed by atoms with E-state index in [2.05, 4.69) is 19.2 Å². The maximum absolute atomic E-state index is 13.9. The van der Waals surface area contributed by atoms with Crippen molar-refractivity contribution in [2.45, 2.75) is 70.4 Å². The average Bonchev–Trinajstić information content (AvgIpc) is 2.96. The van der Waals surface area contributed by atoms with E-state index in [0.717, 1.165) is 21.9 Å². The first kappa shape index (κ1) is 30.9. The lowest BCUT2D eigenvalue weighted by molar-refractivity contribution is -0.139. The molecule has 0 unspecified atom stereocenters. The second kappa shape index (κ2) is 14.1. The van der Waals surface area contributed by atoms with Crippen LogP contribution in [0.4, 0.5) is 5.69 Å². The van der Waals surface area contributed by atoms with Crippen LogP contribution in [0.2, 0.25) is 0 Å². The molecule has 8 heteroatoms. The Morgan fingerprint density at radius 3 is 1.95 bits per heavy atom. The molecule has 0 saturated carbocycles. The summed E-state index contributed by atoms with van der Waals surface area (Å²) in [5, 5.41) is 2.96. The van der Waals surface area contributed by atoms with Crippen LogP contribution < -0.4 is 9.62 Å². The molecule has 40 heavy (non-hydrogen) atoms. The molecule has 7 nitrogen and oxygen atoms in total. The first-order valence-electron chi connectivity index (χ1n) is 13.9. The molecule has 0 fully saturated rings. The van der Waals surface area contributed by atoms with Crippen molar-refractivity contribution in [2.24, 2.45) is 0 Å². The first-order chi connectivity index (χ1) is 19.0. The molecular weight excluding hydrogens is 522 g/mol. The second-order valence-electron chi connectivity index (χ2n) is 10.4.